The fraction of sp³-hybridized carbons (Fsp3) is 0.615. The van der Waals surface area contributed by atoms with E-state index in [9.17, 15) is 4.79 Å². The highest BCUT2D eigenvalue weighted by Gasteiger charge is 2.36. The standard InChI is InChI=1S/C13H19N3O2/c1-9-2-3-12(18-9)11-8-16(13(17)15-11)10-4-6-14-7-5-10/h2-3,10-11,14H,4-8H2,1H3,(H,15,17). The van der Waals surface area contributed by atoms with E-state index in [1.807, 2.05) is 24.0 Å². The molecule has 1 aromatic heterocycles. The highest BCUT2D eigenvalue weighted by molar-refractivity contribution is 5.77. The number of furan rings is 1. The van der Waals surface area contributed by atoms with Gasteiger partial charge in [0, 0.05) is 6.04 Å². The molecule has 5 nitrogen and oxygen atoms in total. The second kappa shape index (κ2) is 4.65. The van der Waals surface area contributed by atoms with Crippen LogP contribution in [0, 0.1) is 6.92 Å². The van der Waals surface area contributed by atoms with Crippen LogP contribution in [0.1, 0.15) is 30.4 Å². The summed E-state index contributed by atoms with van der Waals surface area (Å²) in [6, 6.07) is 4.30. The number of carbonyl (C=O) groups is 1. The van der Waals surface area contributed by atoms with E-state index >= 15 is 0 Å². The first-order valence-electron chi connectivity index (χ1n) is 6.58. The molecule has 0 spiro atoms. The minimum atomic E-state index is 0.00101. The lowest BCUT2D eigenvalue weighted by Gasteiger charge is -2.30. The van der Waals surface area contributed by atoms with Gasteiger partial charge in [0.1, 0.15) is 17.6 Å². The smallest absolute Gasteiger partial charge is 0.318 e. The Hall–Kier alpha value is -1.49. The number of amides is 2. The molecule has 2 N–H and O–H groups in total. The first kappa shape index (κ1) is 11.6. The highest BCUT2D eigenvalue weighted by Crippen LogP contribution is 2.25. The molecule has 2 aliphatic rings. The maximum atomic E-state index is 12.0. The van der Waals surface area contributed by atoms with Gasteiger partial charge < -0.3 is 20.0 Å². The van der Waals surface area contributed by atoms with Crippen LogP contribution in [0.25, 0.3) is 0 Å². The van der Waals surface area contributed by atoms with Crippen LogP contribution in [-0.2, 0) is 0 Å². The molecule has 18 heavy (non-hydrogen) atoms. The normalized spacial score (nSPS) is 25.5. The Balaban J connectivity index is 1.69. The van der Waals surface area contributed by atoms with Gasteiger partial charge in [0.05, 0.1) is 6.54 Å². The largest absolute Gasteiger partial charge is 0.464 e. The van der Waals surface area contributed by atoms with Gasteiger partial charge >= 0.3 is 6.03 Å². The maximum absolute atomic E-state index is 12.0. The van der Waals surface area contributed by atoms with E-state index in [0.717, 1.165) is 44.0 Å². The van der Waals surface area contributed by atoms with E-state index in [-0.39, 0.29) is 12.1 Å². The van der Waals surface area contributed by atoms with Gasteiger partial charge in [0.15, 0.2) is 0 Å². The summed E-state index contributed by atoms with van der Waals surface area (Å²) >= 11 is 0. The summed E-state index contributed by atoms with van der Waals surface area (Å²) in [4.78, 5) is 14.0. The van der Waals surface area contributed by atoms with Crippen molar-refractivity contribution < 1.29 is 9.21 Å². The lowest BCUT2D eigenvalue weighted by Crippen LogP contribution is -2.44. The fourth-order valence-electron chi connectivity index (χ4n) is 2.79. The number of hydrogen-bond acceptors (Lipinski definition) is 3. The van der Waals surface area contributed by atoms with Gasteiger partial charge in [-0.3, -0.25) is 0 Å². The van der Waals surface area contributed by atoms with Crippen molar-refractivity contribution in [2.75, 3.05) is 19.6 Å². The summed E-state index contributed by atoms with van der Waals surface area (Å²) in [6.45, 7) is 4.64. The molecule has 0 radical (unpaired) electrons. The third-order valence-corrected chi connectivity index (χ3v) is 3.79. The molecule has 2 aliphatic heterocycles. The molecule has 2 fully saturated rings. The molecule has 3 heterocycles. The Morgan fingerprint density at radius 1 is 1.33 bits per heavy atom. The lowest BCUT2D eigenvalue weighted by atomic mass is 10.1. The lowest BCUT2D eigenvalue weighted by molar-refractivity contribution is 0.181. The van der Waals surface area contributed by atoms with Crippen LogP contribution in [0.4, 0.5) is 4.79 Å². The predicted molar refractivity (Wildman–Crippen MR) is 67.3 cm³/mol. The van der Waals surface area contributed by atoms with Gasteiger partial charge in [-0.25, -0.2) is 4.79 Å². The third-order valence-electron chi connectivity index (χ3n) is 3.79. The summed E-state index contributed by atoms with van der Waals surface area (Å²) in [6.07, 6.45) is 2.08. The monoisotopic (exact) mass is 249 g/mol. The Labute approximate surface area is 107 Å². The number of hydrogen-bond donors (Lipinski definition) is 2. The number of nitrogens with one attached hydrogen (secondary N) is 2. The van der Waals surface area contributed by atoms with E-state index in [1.54, 1.807) is 0 Å². The molecule has 0 aliphatic carbocycles. The minimum Gasteiger partial charge on any atom is -0.464 e. The van der Waals surface area contributed by atoms with Gasteiger partial charge in [0.25, 0.3) is 0 Å². The maximum Gasteiger partial charge on any atom is 0.318 e. The molecule has 0 aromatic carbocycles. The molecule has 3 rings (SSSR count). The Kier molecular flexibility index (Phi) is 2.99. The summed E-state index contributed by atoms with van der Waals surface area (Å²) in [7, 11) is 0. The number of rotatable bonds is 2. The van der Waals surface area contributed by atoms with Gasteiger partial charge in [-0.2, -0.15) is 0 Å². The molecule has 1 atom stereocenters. The van der Waals surface area contributed by atoms with Crippen molar-refractivity contribution in [3.63, 3.8) is 0 Å². The van der Waals surface area contributed by atoms with Crippen molar-refractivity contribution in [2.24, 2.45) is 0 Å². The zero-order valence-corrected chi connectivity index (χ0v) is 10.6. The SMILES string of the molecule is Cc1ccc(C2CN(C3CCNCC3)C(=O)N2)o1. The summed E-state index contributed by atoms with van der Waals surface area (Å²) in [5, 5.41) is 6.33. The third kappa shape index (κ3) is 2.10. The predicted octanol–water partition coefficient (Wildman–Crippen LogP) is 1.41. The average molecular weight is 249 g/mol. The fourth-order valence-corrected chi connectivity index (χ4v) is 2.79. The van der Waals surface area contributed by atoms with Gasteiger partial charge in [-0.05, 0) is 45.0 Å². The summed E-state index contributed by atoms with van der Waals surface area (Å²) in [5.74, 6) is 1.75. The van der Waals surface area contributed by atoms with Crippen LogP contribution in [0.15, 0.2) is 16.5 Å². The quantitative estimate of drug-likeness (QED) is 0.833. The number of nitrogens with zero attached hydrogens (tertiary/aromatic N) is 1. The van der Waals surface area contributed by atoms with E-state index in [2.05, 4.69) is 10.6 Å². The number of urea groups is 1. The molecule has 98 valence electrons. The average Bonchev–Trinajstić information content (AvgIpc) is 2.97. The topological polar surface area (TPSA) is 57.5 Å². The molecule has 2 saturated heterocycles. The van der Waals surface area contributed by atoms with Crippen molar-refractivity contribution >= 4 is 6.03 Å². The first-order chi connectivity index (χ1) is 8.74. The van der Waals surface area contributed by atoms with Crippen LogP contribution in [0.2, 0.25) is 0 Å². The first-order valence-corrected chi connectivity index (χ1v) is 6.58. The van der Waals surface area contributed by atoms with Crippen molar-refractivity contribution in [1.29, 1.82) is 0 Å². The number of aryl methyl sites for hydroxylation is 1. The van der Waals surface area contributed by atoms with Crippen molar-refractivity contribution in [1.82, 2.24) is 15.5 Å². The van der Waals surface area contributed by atoms with Crippen LogP contribution < -0.4 is 10.6 Å². The highest BCUT2D eigenvalue weighted by atomic mass is 16.3. The van der Waals surface area contributed by atoms with Gasteiger partial charge in [-0.1, -0.05) is 0 Å². The van der Waals surface area contributed by atoms with E-state index in [0.29, 0.717) is 6.04 Å². The molecule has 1 aromatic rings. The van der Waals surface area contributed by atoms with Crippen LogP contribution in [0.3, 0.4) is 0 Å². The summed E-state index contributed by atoms with van der Waals surface area (Å²) in [5.41, 5.74) is 0. The Morgan fingerprint density at radius 3 is 2.78 bits per heavy atom. The van der Waals surface area contributed by atoms with E-state index < -0.39 is 0 Å². The minimum absolute atomic E-state index is 0.00101. The Morgan fingerprint density at radius 2 is 2.11 bits per heavy atom. The molecule has 0 saturated carbocycles. The van der Waals surface area contributed by atoms with Crippen LogP contribution in [0.5, 0.6) is 0 Å². The van der Waals surface area contributed by atoms with Crippen molar-refractivity contribution in [3.05, 3.63) is 23.7 Å². The molecule has 5 heteroatoms. The van der Waals surface area contributed by atoms with Crippen molar-refractivity contribution in [2.45, 2.75) is 31.8 Å². The van der Waals surface area contributed by atoms with Crippen LogP contribution >= 0.6 is 0 Å². The second-order valence-electron chi connectivity index (χ2n) is 5.08. The second-order valence-corrected chi connectivity index (χ2v) is 5.08. The van der Waals surface area contributed by atoms with Crippen LogP contribution in [-0.4, -0.2) is 36.6 Å². The number of piperidine rings is 1. The summed E-state index contributed by atoms with van der Waals surface area (Å²) < 4.78 is 5.60. The van der Waals surface area contributed by atoms with E-state index in [1.165, 1.54) is 0 Å². The molecule has 2 amide bonds. The van der Waals surface area contributed by atoms with Crippen molar-refractivity contribution in [3.8, 4) is 0 Å². The van der Waals surface area contributed by atoms with Gasteiger partial charge in [-0.15, -0.1) is 0 Å². The number of carbonyl (C=O) groups excluding carboxylic acids is 1. The van der Waals surface area contributed by atoms with Gasteiger partial charge in [0.2, 0.25) is 0 Å². The zero-order valence-electron chi connectivity index (χ0n) is 10.6. The zero-order chi connectivity index (χ0) is 12.5. The Bertz CT molecular complexity index is 437. The molecule has 0 bridgehead atoms. The van der Waals surface area contributed by atoms with E-state index in [4.69, 9.17) is 4.42 Å². The molecule has 1 unspecified atom stereocenters. The molecular formula is C13H19N3O2. The molecular weight excluding hydrogens is 230 g/mol.